The maximum absolute atomic E-state index is 13.3. The Labute approximate surface area is 205 Å². The van der Waals surface area contributed by atoms with Crippen LogP contribution >= 0.6 is 11.3 Å². The fourth-order valence-electron chi connectivity index (χ4n) is 3.77. The summed E-state index contributed by atoms with van der Waals surface area (Å²) < 4.78 is 28.8. The number of sulfonamides is 1. The first-order chi connectivity index (χ1) is 16.2. The summed E-state index contributed by atoms with van der Waals surface area (Å²) in [6, 6.07) is 22.0. The van der Waals surface area contributed by atoms with Crippen molar-refractivity contribution in [2.45, 2.75) is 38.5 Å². The highest BCUT2D eigenvalue weighted by Crippen LogP contribution is 2.32. The maximum Gasteiger partial charge on any atom is 0.265 e. The number of benzene rings is 3. The Kier molecular flexibility index (Phi) is 6.77. The number of amides is 1. The van der Waals surface area contributed by atoms with Crippen LogP contribution in [0.25, 0.3) is 10.1 Å². The van der Waals surface area contributed by atoms with Gasteiger partial charge in [0.2, 0.25) is 0 Å². The molecule has 4 rings (SSSR count). The van der Waals surface area contributed by atoms with Gasteiger partial charge >= 0.3 is 0 Å². The van der Waals surface area contributed by atoms with E-state index >= 15 is 0 Å². The second kappa shape index (κ2) is 9.60. The lowest BCUT2D eigenvalue weighted by Gasteiger charge is -2.23. The van der Waals surface area contributed by atoms with Gasteiger partial charge in [0, 0.05) is 16.9 Å². The molecule has 1 heterocycles. The maximum atomic E-state index is 13.3. The lowest BCUT2D eigenvalue weighted by molar-refractivity contribution is 0.103. The van der Waals surface area contributed by atoms with Crippen molar-refractivity contribution in [3.05, 3.63) is 88.8 Å². The smallest absolute Gasteiger partial charge is 0.265 e. The van der Waals surface area contributed by atoms with E-state index in [-0.39, 0.29) is 10.8 Å². The molecule has 1 N–H and O–H groups in total. The van der Waals surface area contributed by atoms with Crippen LogP contribution < -0.4 is 9.62 Å². The van der Waals surface area contributed by atoms with E-state index in [9.17, 15) is 13.2 Å². The van der Waals surface area contributed by atoms with Gasteiger partial charge in [-0.25, -0.2) is 8.42 Å². The van der Waals surface area contributed by atoms with E-state index in [0.717, 1.165) is 21.3 Å². The highest BCUT2D eigenvalue weighted by molar-refractivity contribution is 7.92. The molecular formula is C27H28N2O3S2. The van der Waals surface area contributed by atoms with Crippen molar-refractivity contribution in [1.82, 2.24) is 0 Å². The minimum absolute atomic E-state index is 0.181. The average molecular weight is 493 g/mol. The molecule has 0 saturated heterocycles. The van der Waals surface area contributed by atoms with Crippen LogP contribution in [0.1, 0.15) is 47.5 Å². The topological polar surface area (TPSA) is 66.5 Å². The van der Waals surface area contributed by atoms with Gasteiger partial charge in [0.05, 0.1) is 15.5 Å². The zero-order valence-electron chi connectivity index (χ0n) is 19.7. The molecular weight excluding hydrogens is 464 g/mol. The van der Waals surface area contributed by atoms with E-state index in [4.69, 9.17) is 0 Å². The lowest BCUT2D eigenvalue weighted by Crippen LogP contribution is -2.30. The van der Waals surface area contributed by atoms with Gasteiger partial charge in [-0.2, -0.15) is 0 Å². The Bertz CT molecular complexity index is 1420. The van der Waals surface area contributed by atoms with Crippen LogP contribution in [0.15, 0.2) is 77.7 Å². The summed E-state index contributed by atoms with van der Waals surface area (Å²) in [6.07, 6.45) is 0. The summed E-state index contributed by atoms with van der Waals surface area (Å²) in [4.78, 5) is 13.7. The van der Waals surface area contributed by atoms with Crippen molar-refractivity contribution in [2.24, 2.45) is 0 Å². The van der Waals surface area contributed by atoms with Gasteiger partial charge in [-0.05, 0) is 79.2 Å². The molecule has 7 heteroatoms. The number of thiophene rings is 1. The zero-order valence-corrected chi connectivity index (χ0v) is 21.3. The minimum atomic E-state index is -3.69. The third kappa shape index (κ3) is 4.86. The molecule has 0 aliphatic carbocycles. The summed E-state index contributed by atoms with van der Waals surface area (Å²) in [6.45, 7) is 8.29. The molecule has 1 aromatic heterocycles. The van der Waals surface area contributed by atoms with Gasteiger partial charge in [0.25, 0.3) is 15.9 Å². The number of aryl methyl sites for hydroxylation is 1. The van der Waals surface area contributed by atoms with Crippen LogP contribution in [0.3, 0.4) is 0 Å². The van der Waals surface area contributed by atoms with Crippen LogP contribution in [-0.2, 0) is 10.0 Å². The van der Waals surface area contributed by atoms with Crippen LogP contribution in [0.2, 0.25) is 0 Å². The quantitative estimate of drug-likeness (QED) is 0.308. The molecule has 0 radical (unpaired) electrons. The molecule has 3 aromatic carbocycles. The Morgan fingerprint density at radius 2 is 1.65 bits per heavy atom. The van der Waals surface area contributed by atoms with E-state index in [2.05, 4.69) is 19.2 Å². The fourth-order valence-corrected chi connectivity index (χ4v) is 6.17. The second-order valence-corrected chi connectivity index (χ2v) is 11.5. The van der Waals surface area contributed by atoms with Crippen LogP contribution in [-0.4, -0.2) is 20.9 Å². The predicted octanol–water partition coefficient (Wildman–Crippen LogP) is 6.80. The Morgan fingerprint density at radius 3 is 2.26 bits per heavy atom. The molecule has 0 spiro atoms. The fraction of sp³-hybridized carbons (Fsp3) is 0.222. The number of anilines is 2. The number of hydrogen-bond acceptors (Lipinski definition) is 4. The SMILES string of the molecule is CCN(c1ccc2sc(C(=O)Nc3ccc(C(C)C)cc3)cc2c1)S(=O)(=O)c1ccc(C)cc1. The van der Waals surface area contributed by atoms with Crippen molar-refractivity contribution in [1.29, 1.82) is 0 Å². The minimum Gasteiger partial charge on any atom is -0.321 e. The van der Waals surface area contributed by atoms with Crippen molar-refractivity contribution < 1.29 is 13.2 Å². The number of nitrogens with one attached hydrogen (secondary N) is 1. The summed E-state index contributed by atoms with van der Waals surface area (Å²) in [5, 5.41) is 3.78. The molecule has 0 fully saturated rings. The molecule has 0 atom stereocenters. The van der Waals surface area contributed by atoms with E-state index in [0.29, 0.717) is 23.0 Å². The number of nitrogens with zero attached hydrogens (tertiary/aromatic N) is 1. The monoisotopic (exact) mass is 492 g/mol. The first-order valence-electron chi connectivity index (χ1n) is 11.2. The third-order valence-corrected chi connectivity index (χ3v) is 8.78. The van der Waals surface area contributed by atoms with Gasteiger partial charge in [0.1, 0.15) is 0 Å². The molecule has 176 valence electrons. The van der Waals surface area contributed by atoms with Crippen LogP contribution in [0, 0.1) is 6.92 Å². The molecule has 0 saturated carbocycles. The third-order valence-electron chi connectivity index (χ3n) is 5.74. The molecule has 0 bridgehead atoms. The first kappa shape index (κ1) is 24.0. The molecule has 0 aliphatic rings. The van der Waals surface area contributed by atoms with Crippen molar-refractivity contribution in [3.63, 3.8) is 0 Å². The number of fused-ring (bicyclic) bond motifs is 1. The van der Waals surface area contributed by atoms with Crippen molar-refractivity contribution in [2.75, 3.05) is 16.2 Å². The zero-order chi connectivity index (χ0) is 24.5. The average Bonchev–Trinajstić information content (AvgIpc) is 3.24. The van der Waals surface area contributed by atoms with Crippen molar-refractivity contribution in [3.8, 4) is 0 Å². The highest BCUT2D eigenvalue weighted by Gasteiger charge is 2.24. The number of rotatable bonds is 7. The molecule has 0 aliphatic heterocycles. The summed E-state index contributed by atoms with van der Waals surface area (Å²) in [5.74, 6) is 0.249. The number of carbonyl (C=O) groups excluding carboxylic acids is 1. The largest absolute Gasteiger partial charge is 0.321 e. The van der Waals surface area contributed by atoms with Crippen LogP contribution in [0.5, 0.6) is 0 Å². The van der Waals surface area contributed by atoms with E-state index in [1.165, 1.54) is 21.2 Å². The van der Waals surface area contributed by atoms with E-state index in [1.807, 2.05) is 56.3 Å². The molecule has 34 heavy (non-hydrogen) atoms. The van der Waals surface area contributed by atoms with Crippen molar-refractivity contribution >= 4 is 48.7 Å². The normalized spacial score (nSPS) is 11.7. The van der Waals surface area contributed by atoms with Gasteiger partial charge < -0.3 is 5.32 Å². The summed E-state index contributed by atoms with van der Waals surface area (Å²) >= 11 is 1.39. The molecule has 1 amide bonds. The Balaban J connectivity index is 1.59. The Morgan fingerprint density at radius 1 is 0.971 bits per heavy atom. The van der Waals surface area contributed by atoms with E-state index < -0.39 is 10.0 Å². The number of carbonyl (C=O) groups is 1. The second-order valence-electron chi connectivity index (χ2n) is 8.55. The lowest BCUT2D eigenvalue weighted by atomic mass is 10.0. The summed E-state index contributed by atoms with van der Waals surface area (Å²) in [7, 11) is -3.69. The first-order valence-corrected chi connectivity index (χ1v) is 13.5. The predicted molar refractivity (Wildman–Crippen MR) is 142 cm³/mol. The summed E-state index contributed by atoms with van der Waals surface area (Å²) in [5.41, 5.74) is 3.54. The number of hydrogen-bond donors (Lipinski definition) is 1. The molecule has 5 nitrogen and oxygen atoms in total. The Hall–Kier alpha value is -3.16. The standard InChI is InChI=1S/C27H28N2O3S2/c1-5-29(34(31,32)24-13-6-19(4)7-14-24)23-12-15-25-21(16-23)17-26(33-25)27(30)28-22-10-8-20(9-11-22)18(2)3/h6-18H,5H2,1-4H3,(H,28,30). The molecule has 0 unspecified atom stereocenters. The van der Waals surface area contributed by atoms with Gasteiger partial charge in [-0.3, -0.25) is 9.10 Å². The molecule has 4 aromatic rings. The van der Waals surface area contributed by atoms with Crippen LogP contribution in [0.4, 0.5) is 11.4 Å². The van der Waals surface area contributed by atoms with Gasteiger partial charge in [-0.1, -0.05) is 43.7 Å². The highest BCUT2D eigenvalue weighted by atomic mass is 32.2. The van der Waals surface area contributed by atoms with E-state index in [1.54, 1.807) is 30.3 Å². The van der Waals surface area contributed by atoms with Gasteiger partial charge in [0.15, 0.2) is 0 Å². The van der Waals surface area contributed by atoms with Gasteiger partial charge in [-0.15, -0.1) is 11.3 Å².